The van der Waals surface area contributed by atoms with Gasteiger partial charge in [0.25, 0.3) is 5.56 Å². The Kier molecular flexibility index (Phi) is 6.31. The number of nitrogens with zero attached hydrogens (tertiary/aromatic N) is 4. The van der Waals surface area contributed by atoms with Crippen molar-refractivity contribution in [2.45, 2.75) is 32.0 Å². The number of fused-ring (bicyclic) bond motifs is 3. The lowest BCUT2D eigenvalue weighted by atomic mass is 9.88. The summed E-state index contributed by atoms with van der Waals surface area (Å²) in [5.41, 5.74) is 1.28. The van der Waals surface area contributed by atoms with E-state index in [4.69, 9.17) is 0 Å². The summed E-state index contributed by atoms with van der Waals surface area (Å²) in [5.74, 6) is -0.620. The molecule has 0 saturated carbocycles. The number of aromatic nitrogens is 1. The molecule has 7 nitrogen and oxygen atoms in total. The van der Waals surface area contributed by atoms with Gasteiger partial charge in [0, 0.05) is 62.4 Å². The highest BCUT2D eigenvalue weighted by molar-refractivity contribution is 5.83. The molecular formula is C26H33FN4O3. The van der Waals surface area contributed by atoms with Crippen molar-refractivity contribution in [1.29, 1.82) is 0 Å². The van der Waals surface area contributed by atoms with Crippen LogP contribution in [-0.4, -0.2) is 82.7 Å². The number of piperazine rings is 1. The van der Waals surface area contributed by atoms with Crippen LogP contribution in [-0.2, 0) is 11.3 Å². The Morgan fingerprint density at radius 2 is 1.82 bits per heavy atom. The Morgan fingerprint density at radius 1 is 1.09 bits per heavy atom. The molecule has 4 atom stereocenters. The van der Waals surface area contributed by atoms with Crippen molar-refractivity contribution >= 4 is 5.91 Å². The van der Waals surface area contributed by atoms with Gasteiger partial charge in [-0.05, 0) is 38.2 Å². The summed E-state index contributed by atoms with van der Waals surface area (Å²) in [6.45, 7) is 6.21. The maximum absolute atomic E-state index is 14.4. The van der Waals surface area contributed by atoms with Gasteiger partial charge in [0.2, 0.25) is 5.91 Å². The van der Waals surface area contributed by atoms with Gasteiger partial charge in [-0.1, -0.05) is 25.1 Å². The third kappa shape index (κ3) is 3.68. The first-order chi connectivity index (χ1) is 16.5. The third-order valence-electron chi connectivity index (χ3n) is 7.90. The number of halogens is 1. The molecule has 1 N–H and O–H groups in total. The average molecular weight is 469 g/mol. The molecule has 5 rings (SSSR count). The van der Waals surface area contributed by atoms with Gasteiger partial charge in [0.15, 0.2) is 0 Å². The maximum Gasteiger partial charge on any atom is 0.258 e. The standard InChI is InChI=1S/C26H33FN4O3/c1-3-10-30-23-19(20(16-32)24(30)26(34)29-13-11-28(2)12-14-29)15-31-22(23)9-8-18(25(31)33)17-6-4-5-7-21(17)27/h4-9,19-20,23-24,32H,3,10-16H2,1-2H3/t19-,20-,23+,24-/m0/s1. The Balaban J connectivity index is 1.52. The van der Waals surface area contributed by atoms with Crippen molar-refractivity contribution in [2.24, 2.45) is 11.8 Å². The highest BCUT2D eigenvalue weighted by Gasteiger charge is 2.56. The molecule has 8 heteroatoms. The van der Waals surface area contributed by atoms with Gasteiger partial charge in [-0.25, -0.2) is 4.39 Å². The van der Waals surface area contributed by atoms with E-state index in [2.05, 4.69) is 23.8 Å². The molecule has 3 aliphatic heterocycles. The lowest BCUT2D eigenvalue weighted by molar-refractivity contribution is -0.140. The highest BCUT2D eigenvalue weighted by Crippen LogP contribution is 2.49. The number of amides is 1. The van der Waals surface area contributed by atoms with E-state index in [0.717, 1.165) is 25.2 Å². The van der Waals surface area contributed by atoms with Gasteiger partial charge in [0.1, 0.15) is 5.82 Å². The van der Waals surface area contributed by atoms with E-state index < -0.39 is 11.9 Å². The highest BCUT2D eigenvalue weighted by atomic mass is 19.1. The zero-order chi connectivity index (χ0) is 24.0. The zero-order valence-electron chi connectivity index (χ0n) is 19.9. The van der Waals surface area contributed by atoms with Crippen molar-refractivity contribution in [3.63, 3.8) is 0 Å². The second-order valence-corrected chi connectivity index (χ2v) is 9.83. The molecule has 0 bridgehead atoms. The maximum atomic E-state index is 14.4. The lowest BCUT2D eigenvalue weighted by Gasteiger charge is -2.38. The van der Waals surface area contributed by atoms with E-state index in [1.165, 1.54) is 6.07 Å². The lowest BCUT2D eigenvalue weighted by Crippen LogP contribution is -2.55. The van der Waals surface area contributed by atoms with Crippen molar-refractivity contribution in [2.75, 3.05) is 46.4 Å². The minimum absolute atomic E-state index is 0.0402. The van der Waals surface area contributed by atoms with Crippen LogP contribution in [0.3, 0.4) is 0 Å². The monoisotopic (exact) mass is 468 g/mol. The van der Waals surface area contributed by atoms with E-state index in [9.17, 15) is 19.1 Å². The van der Waals surface area contributed by atoms with E-state index >= 15 is 0 Å². The first-order valence-electron chi connectivity index (χ1n) is 12.3. The zero-order valence-corrected chi connectivity index (χ0v) is 19.9. The first kappa shape index (κ1) is 23.2. The van der Waals surface area contributed by atoms with Gasteiger partial charge in [-0.2, -0.15) is 0 Å². The average Bonchev–Trinajstić information content (AvgIpc) is 3.36. The largest absolute Gasteiger partial charge is 0.396 e. The molecule has 0 radical (unpaired) electrons. The Labute approximate surface area is 199 Å². The number of aliphatic hydroxyl groups is 1. The van der Waals surface area contributed by atoms with Crippen LogP contribution < -0.4 is 5.56 Å². The third-order valence-corrected chi connectivity index (χ3v) is 7.90. The predicted molar refractivity (Wildman–Crippen MR) is 128 cm³/mol. The molecule has 182 valence electrons. The minimum atomic E-state index is -0.419. The topological polar surface area (TPSA) is 69.0 Å². The Bertz CT molecular complexity index is 1130. The van der Waals surface area contributed by atoms with E-state index in [0.29, 0.717) is 37.3 Å². The van der Waals surface area contributed by atoms with Crippen molar-refractivity contribution in [3.05, 3.63) is 58.3 Å². The van der Waals surface area contributed by atoms with Gasteiger partial charge < -0.3 is 19.5 Å². The SMILES string of the molecule is CCCN1[C@H](C(=O)N2CCN(C)CC2)[C@@H](CO)[C@@H]2Cn3c(ccc(-c4ccccc4F)c3=O)[C@@H]21. The Hall–Kier alpha value is -2.55. The van der Waals surface area contributed by atoms with Gasteiger partial charge in [0.05, 0.1) is 17.6 Å². The molecule has 34 heavy (non-hydrogen) atoms. The van der Waals surface area contributed by atoms with E-state index in [-0.39, 0.29) is 36.0 Å². The number of likely N-dealkylation sites (tertiary alicyclic amines) is 1. The van der Waals surface area contributed by atoms with Crippen LogP contribution in [0, 0.1) is 17.7 Å². The van der Waals surface area contributed by atoms with Gasteiger partial charge in [-0.15, -0.1) is 0 Å². The van der Waals surface area contributed by atoms with Crippen LogP contribution in [0.15, 0.2) is 41.2 Å². The van der Waals surface area contributed by atoms with Crippen LogP contribution in [0.25, 0.3) is 11.1 Å². The summed E-state index contributed by atoms with van der Waals surface area (Å²) in [7, 11) is 2.06. The number of aliphatic hydroxyl groups excluding tert-OH is 1. The molecule has 0 unspecified atom stereocenters. The number of hydrogen-bond donors (Lipinski definition) is 1. The summed E-state index contributed by atoms with van der Waals surface area (Å²) in [6, 6.07) is 9.44. The van der Waals surface area contributed by atoms with Crippen LogP contribution in [0.5, 0.6) is 0 Å². The number of carbonyl (C=O) groups excluding carboxylic acids is 1. The second kappa shape index (κ2) is 9.24. The van der Waals surface area contributed by atoms with Crippen LogP contribution in [0.2, 0.25) is 0 Å². The summed E-state index contributed by atoms with van der Waals surface area (Å²) in [5, 5.41) is 10.4. The molecule has 0 aliphatic carbocycles. The number of pyridine rings is 1. The Morgan fingerprint density at radius 3 is 2.50 bits per heavy atom. The summed E-state index contributed by atoms with van der Waals surface area (Å²) in [4.78, 5) is 33.5. The predicted octanol–water partition coefficient (Wildman–Crippen LogP) is 1.80. The summed E-state index contributed by atoms with van der Waals surface area (Å²) in [6.07, 6.45) is 0.866. The molecular weight excluding hydrogens is 435 g/mol. The van der Waals surface area contributed by atoms with Crippen LogP contribution in [0.1, 0.15) is 25.1 Å². The summed E-state index contributed by atoms with van der Waals surface area (Å²) < 4.78 is 16.2. The molecule has 2 saturated heterocycles. The van der Waals surface area contributed by atoms with E-state index in [1.807, 2.05) is 11.0 Å². The quantitative estimate of drug-likeness (QED) is 0.725. The fourth-order valence-corrected chi connectivity index (χ4v) is 6.20. The van der Waals surface area contributed by atoms with Crippen LogP contribution in [0.4, 0.5) is 4.39 Å². The first-order valence-corrected chi connectivity index (χ1v) is 12.3. The summed E-state index contributed by atoms with van der Waals surface area (Å²) >= 11 is 0. The normalized spacial score (nSPS) is 27.1. The van der Waals surface area contributed by atoms with Crippen molar-refractivity contribution in [3.8, 4) is 11.1 Å². The minimum Gasteiger partial charge on any atom is -0.396 e. The number of benzene rings is 1. The van der Waals surface area contributed by atoms with Crippen molar-refractivity contribution < 1.29 is 14.3 Å². The molecule has 3 aliphatic rings. The number of carbonyl (C=O) groups is 1. The van der Waals surface area contributed by atoms with Crippen LogP contribution >= 0.6 is 0 Å². The number of hydrogen-bond acceptors (Lipinski definition) is 5. The molecule has 4 heterocycles. The smallest absolute Gasteiger partial charge is 0.258 e. The van der Waals surface area contributed by atoms with Crippen molar-refractivity contribution in [1.82, 2.24) is 19.3 Å². The fraction of sp³-hybridized carbons (Fsp3) is 0.538. The van der Waals surface area contributed by atoms with E-state index in [1.54, 1.807) is 28.8 Å². The molecule has 1 amide bonds. The molecule has 0 spiro atoms. The molecule has 1 aromatic heterocycles. The van der Waals surface area contributed by atoms with Gasteiger partial charge in [-0.3, -0.25) is 14.5 Å². The molecule has 2 aromatic rings. The second-order valence-electron chi connectivity index (χ2n) is 9.83. The number of rotatable bonds is 5. The molecule has 2 fully saturated rings. The molecule has 1 aromatic carbocycles. The fourth-order valence-electron chi connectivity index (χ4n) is 6.20. The number of likely N-dealkylation sites (N-methyl/N-ethyl adjacent to an activating group) is 1. The van der Waals surface area contributed by atoms with Gasteiger partial charge >= 0.3 is 0 Å².